The molecule has 238 valence electrons. The zero-order valence-electron chi connectivity index (χ0n) is 27.6. The van der Waals surface area contributed by atoms with Crippen LogP contribution in [0.25, 0.3) is 0 Å². The molecule has 0 aliphatic heterocycles. The van der Waals surface area contributed by atoms with E-state index in [1.807, 2.05) is 69.2 Å². The normalized spacial score (nSPS) is 18.1. The average Bonchev–Trinajstić information content (AvgIpc) is 3.66. The van der Waals surface area contributed by atoms with Crippen LogP contribution in [-0.4, -0.2) is 48.3 Å². The maximum absolute atomic E-state index is 12.0. The van der Waals surface area contributed by atoms with Gasteiger partial charge in [-0.1, -0.05) is 46.5 Å². The molecule has 0 aromatic heterocycles. The number of hydrogen-bond acceptors (Lipinski definition) is 8. The molecule has 0 aromatic carbocycles. The van der Waals surface area contributed by atoms with Gasteiger partial charge in [0.25, 0.3) is 0 Å². The molecule has 2 rings (SSSR count). The lowest BCUT2D eigenvalue weighted by molar-refractivity contribution is -0.176. The summed E-state index contributed by atoms with van der Waals surface area (Å²) >= 11 is 0. The second-order valence-electron chi connectivity index (χ2n) is 13.8. The van der Waals surface area contributed by atoms with Crippen molar-refractivity contribution in [3.63, 3.8) is 0 Å². The first-order valence-electron chi connectivity index (χ1n) is 15.7. The summed E-state index contributed by atoms with van der Waals surface area (Å²) in [6, 6.07) is 0. The van der Waals surface area contributed by atoms with Crippen LogP contribution in [0.4, 0.5) is 0 Å². The van der Waals surface area contributed by atoms with Crippen molar-refractivity contribution in [3.8, 4) is 0 Å². The molecule has 0 radical (unpaired) electrons. The van der Waals surface area contributed by atoms with Gasteiger partial charge in [0.05, 0.1) is 10.8 Å². The third-order valence-electron chi connectivity index (χ3n) is 9.50. The molecule has 0 aromatic rings. The van der Waals surface area contributed by atoms with Gasteiger partial charge in [0, 0.05) is 0 Å². The van der Waals surface area contributed by atoms with E-state index in [4.69, 9.17) is 18.9 Å². The summed E-state index contributed by atoms with van der Waals surface area (Å²) in [6.07, 6.45) is 11.4. The lowest BCUT2D eigenvalue weighted by Crippen LogP contribution is -2.39. The van der Waals surface area contributed by atoms with Crippen molar-refractivity contribution in [1.82, 2.24) is 0 Å². The van der Waals surface area contributed by atoms with Crippen LogP contribution >= 0.6 is 0 Å². The van der Waals surface area contributed by atoms with Gasteiger partial charge in [-0.2, -0.15) is 0 Å². The minimum atomic E-state index is -0.556. The van der Waals surface area contributed by atoms with Crippen LogP contribution in [0.2, 0.25) is 0 Å². The molecule has 1 atom stereocenters. The Kier molecular flexibility index (Phi) is 14.3. The van der Waals surface area contributed by atoms with Crippen molar-refractivity contribution in [3.05, 3.63) is 0 Å². The van der Waals surface area contributed by atoms with E-state index in [2.05, 4.69) is 0 Å². The molecule has 2 saturated carbocycles. The van der Waals surface area contributed by atoms with Crippen LogP contribution in [0, 0.1) is 22.7 Å². The van der Waals surface area contributed by atoms with Crippen molar-refractivity contribution < 1.29 is 38.1 Å². The minimum absolute atomic E-state index is 0.287. The third kappa shape index (κ3) is 11.6. The summed E-state index contributed by atoms with van der Waals surface area (Å²) in [7, 11) is 0. The first-order valence-corrected chi connectivity index (χ1v) is 15.7. The van der Waals surface area contributed by atoms with Gasteiger partial charge in [-0.05, 0) is 105 Å². The van der Waals surface area contributed by atoms with Crippen LogP contribution < -0.4 is 0 Å². The number of esters is 4. The second-order valence-corrected chi connectivity index (χ2v) is 13.8. The summed E-state index contributed by atoms with van der Waals surface area (Å²) in [5, 5.41) is 0. The monoisotopic (exact) mass is 582 g/mol. The third-order valence-corrected chi connectivity index (χ3v) is 9.50. The Labute approximate surface area is 249 Å². The van der Waals surface area contributed by atoms with Crippen LogP contribution in [0.1, 0.15) is 140 Å². The SMILES string of the molecule is CCC(C)(C)C(=O)OCC(=O)OC(C)(C)C1CCCC1.CCC(C)(C)C(=O)OCC(=O)OC(C)(CC)C1CCCC1. The maximum Gasteiger partial charge on any atom is 0.344 e. The Bertz CT molecular complexity index is 862. The molecule has 8 heteroatoms. The molecule has 2 fully saturated rings. The number of carbonyl (C=O) groups excluding carboxylic acids is 4. The van der Waals surface area contributed by atoms with Gasteiger partial charge >= 0.3 is 23.9 Å². The Hall–Kier alpha value is -2.12. The van der Waals surface area contributed by atoms with Gasteiger partial charge in [0.2, 0.25) is 0 Å². The van der Waals surface area contributed by atoms with E-state index >= 15 is 0 Å². The standard InChI is InChI=1S/C17H30O4.C16H28O4/c1-6-16(3,4)15(19)20-12-14(18)21-17(5,7-2)13-10-8-9-11-13;1-6-15(2,3)14(18)19-11-13(17)20-16(4,5)12-9-7-8-10-12/h13H,6-12H2,1-5H3;12H,6-11H2,1-5H3. The molecule has 2 aliphatic rings. The average molecular weight is 583 g/mol. The van der Waals surface area contributed by atoms with E-state index in [9.17, 15) is 19.2 Å². The lowest BCUT2D eigenvalue weighted by atomic mass is 9.85. The fraction of sp³-hybridized carbons (Fsp3) is 0.879. The summed E-state index contributed by atoms with van der Waals surface area (Å²) in [6.45, 7) is 18.4. The van der Waals surface area contributed by atoms with E-state index in [1.165, 1.54) is 25.7 Å². The Morgan fingerprint density at radius 2 is 0.927 bits per heavy atom. The summed E-state index contributed by atoms with van der Waals surface area (Å²) in [4.78, 5) is 47.5. The predicted molar refractivity (Wildman–Crippen MR) is 159 cm³/mol. The van der Waals surface area contributed by atoms with Crippen LogP contribution in [0.3, 0.4) is 0 Å². The Morgan fingerprint density at radius 3 is 1.29 bits per heavy atom. The largest absolute Gasteiger partial charge is 0.457 e. The van der Waals surface area contributed by atoms with Crippen LogP contribution in [0.15, 0.2) is 0 Å². The molecule has 0 N–H and O–H groups in total. The summed E-state index contributed by atoms with van der Waals surface area (Å²) in [5.74, 6) is -0.756. The highest BCUT2D eigenvalue weighted by Crippen LogP contribution is 2.38. The summed E-state index contributed by atoms with van der Waals surface area (Å²) in [5.41, 5.74) is -2.01. The number of carbonyl (C=O) groups is 4. The molecule has 41 heavy (non-hydrogen) atoms. The first kappa shape index (κ1) is 36.9. The first-order chi connectivity index (χ1) is 18.9. The van der Waals surface area contributed by atoms with Gasteiger partial charge in [-0.15, -0.1) is 0 Å². The number of hydrogen-bond donors (Lipinski definition) is 0. The van der Waals surface area contributed by atoms with E-state index in [0.717, 1.165) is 32.1 Å². The quantitative estimate of drug-likeness (QED) is 0.164. The maximum atomic E-state index is 12.0. The van der Waals surface area contributed by atoms with Gasteiger partial charge in [0.1, 0.15) is 11.2 Å². The van der Waals surface area contributed by atoms with E-state index < -0.39 is 34.0 Å². The molecule has 0 spiro atoms. The molecule has 0 amide bonds. The number of ether oxygens (including phenoxy) is 4. The van der Waals surface area contributed by atoms with Crippen LogP contribution in [-0.2, 0) is 38.1 Å². The topological polar surface area (TPSA) is 105 Å². The second kappa shape index (κ2) is 15.9. The fourth-order valence-electron chi connectivity index (χ4n) is 5.23. The summed E-state index contributed by atoms with van der Waals surface area (Å²) < 4.78 is 21.3. The van der Waals surface area contributed by atoms with Crippen molar-refractivity contribution in [2.24, 2.45) is 22.7 Å². The number of rotatable bonds is 13. The van der Waals surface area contributed by atoms with E-state index in [0.29, 0.717) is 24.7 Å². The lowest BCUT2D eigenvalue weighted by Gasteiger charge is -2.34. The smallest absolute Gasteiger partial charge is 0.344 e. The van der Waals surface area contributed by atoms with Crippen molar-refractivity contribution >= 4 is 23.9 Å². The highest BCUT2D eigenvalue weighted by atomic mass is 16.6. The fourth-order valence-corrected chi connectivity index (χ4v) is 5.23. The Balaban J connectivity index is 0.000000410. The van der Waals surface area contributed by atoms with Crippen molar-refractivity contribution in [1.29, 1.82) is 0 Å². The van der Waals surface area contributed by atoms with E-state index in [1.54, 1.807) is 0 Å². The zero-order chi connectivity index (χ0) is 31.5. The molecule has 0 heterocycles. The van der Waals surface area contributed by atoms with Crippen molar-refractivity contribution in [2.45, 2.75) is 151 Å². The van der Waals surface area contributed by atoms with E-state index in [-0.39, 0.29) is 25.2 Å². The van der Waals surface area contributed by atoms with Gasteiger partial charge < -0.3 is 18.9 Å². The van der Waals surface area contributed by atoms with Gasteiger partial charge in [0.15, 0.2) is 13.2 Å². The van der Waals surface area contributed by atoms with Gasteiger partial charge in [-0.3, -0.25) is 9.59 Å². The zero-order valence-corrected chi connectivity index (χ0v) is 27.6. The van der Waals surface area contributed by atoms with Crippen molar-refractivity contribution in [2.75, 3.05) is 13.2 Å². The Morgan fingerprint density at radius 1 is 0.561 bits per heavy atom. The molecule has 1 unspecified atom stereocenters. The molecule has 2 aliphatic carbocycles. The van der Waals surface area contributed by atoms with Gasteiger partial charge in [-0.25, -0.2) is 9.59 Å². The predicted octanol–water partition coefficient (Wildman–Crippen LogP) is 7.35. The van der Waals surface area contributed by atoms with Crippen LogP contribution in [0.5, 0.6) is 0 Å². The molecule has 0 bridgehead atoms. The highest BCUT2D eigenvalue weighted by Gasteiger charge is 2.39. The highest BCUT2D eigenvalue weighted by molar-refractivity contribution is 5.80. The molecule has 8 nitrogen and oxygen atoms in total. The molecule has 0 saturated heterocycles. The minimum Gasteiger partial charge on any atom is -0.457 e. The molecular formula is C33H58O8. The molecular weight excluding hydrogens is 524 g/mol.